The van der Waals surface area contributed by atoms with Gasteiger partial charge in [0.1, 0.15) is 11.2 Å². The van der Waals surface area contributed by atoms with Crippen LogP contribution < -0.4 is 0 Å². The number of hydrogen-bond donors (Lipinski definition) is 0. The van der Waals surface area contributed by atoms with E-state index < -0.39 is 0 Å². The quantitative estimate of drug-likeness (QED) is 0.326. The van der Waals surface area contributed by atoms with Crippen molar-refractivity contribution in [3.05, 3.63) is 70.2 Å². The Labute approximate surface area is 149 Å². The number of furan rings is 1. The van der Waals surface area contributed by atoms with Gasteiger partial charge in [0.05, 0.1) is 0 Å². The van der Waals surface area contributed by atoms with Gasteiger partial charge in [-0.05, 0) is 47.5 Å². The Kier molecular flexibility index (Phi) is 4.74. The second kappa shape index (κ2) is 6.77. The first kappa shape index (κ1) is 16.1. The van der Waals surface area contributed by atoms with E-state index in [-0.39, 0.29) is 0 Å². The van der Waals surface area contributed by atoms with Crippen LogP contribution in [0.2, 0.25) is 5.02 Å². The van der Waals surface area contributed by atoms with Gasteiger partial charge >= 0.3 is 0 Å². The lowest BCUT2D eigenvalue weighted by atomic mass is 10.0. The van der Waals surface area contributed by atoms with Gasteiger partial charge in [-0.15, -0.1) is 0 Å². The first-order valence-corrected chi connectivity index (χ1v) is 8.76. The molecule has 0 radical (unpaired) electrons. The molecule has 0 amide bonds. The van der Waals surface area contributed by atoms with Crippen LogP contribution in [0.15, 0.2) is 69.6 Å². The van der Waals surface area contributed by atoms with Gasteiger partial charge in [-0.1, -0.05) is 65.6 Å². The van der Waals surface area contributed by atoms with E-state index in [9.17, 15) is 0 Å². The largest absolute Gasteiger partial charge is 0.456 e. The highest BCUT2D eigenvalue weighted by molar-refractivity contribution is 9.10. The molecule has 116 valence electrons. The molecule has 0 atom stereocenters. The van der Waals surface area contributed by atoms with Gasteiger partial charge in [0.25, 0.3) is 0 Å². The van der Waals surface area contributed by atoms with E-state index >= 15 is 0 Å². The minimum atomic E-state index is 0.727. The first-order valence-electron chi connectivity index (χ1n) is 7.59. The highest BCUT2D eigenvalue weighted by Gasteiger charge is 2.09. The molecule has 0 saturated carbocycles. The third kappa shape index (κ3) is 3.01. The van der Waals surface area contributed by atoms with Gasteiger partial charge in [0, 0.05) is 20.3 Å². The Morgan fingerprint density at radius 1 is 0.826 bits per heavy atom. The second-order valence-electron chi connectivity index (χ2n) is 4.93. The third-order valence-corrected chi connectivity index (χ3v) is 4.54. The molecule has 0 spiro atoms. The maximum atomic E-state index is 6.12. The summed E-state index contributed by atoms with van der Waals surface area (Å²) < 4.78 is 6.89. The summed E-state index contributed by atoms with van der Waals surface area (Å²) in [7, 11) is 0. The lowest BCUT2D eigenvalue weighted by molar-refractivity contribution is 0.669. The molecule has 1 aromatic heterocycles. The summed E-state index contributed by atoms with van der Waals surface area (Å²) in [6, 6.07) is 20.1. The summed E-state index contributed by atoms with van der Waals surface area (Å²) in [6.45, 7) is 4.00. The van der Waals surface area contributed by atoms with Gasteiger partial charge in [-0.25, -0.2) is 0 Å². The van der Waals surface area contributed by atoms with Crippen LogP contribution in [0.4, 0.5) is 0 Å². The standard InChI is InChI=1S/C18H10BrClO.C2H6/c19-16-7-6-12(20)10-14(16)11-5-8-18-15(9-11)13-3-1-2-4-17(13)21-18;1-2/h1-10H;1-2H3. The molecule has 0 bridgehead atoms. The highest BCUT2D eigenvalue weighted by Crippen LogP contribution is 2.35. The minimum absolute atomic E-state index is 0.727. The average Bonchev–Trinajstić information content (AvgIpc) is 2.97. The number of para-hydroxylation sites is 1. The van der Waals surface area contributed by atoms with E-state index in [0.29, 0.717) is 0 Å². The van der Waals surface area contributed by atoms with Crippen molar-refractivity contribution < 1.29 is 4.42 Å². The fourth-order valence-corrected chi connectivity index (χ4v) is 3.26. The first-order chi connectivity index (χ1) is 11.2. The minimum Gasteiger partial charge on any atom is -0.456 e. The summed E-state index contributed by atoms with van der Waals surface area (Å²) >= 11 is 9.71. The lowest BCUT2D eigenvalue weighted by Crippen LogP contribution is -1.80. The van der Waals surface area contributed by atoms with Crippen LogP contribution >= 0.6 is 27.5 Å². The van der Waals surface area contributed by atoms with Crippen molar-refractivity contribution in [2.75, 3.05) is 0 Å². The van der Waals surface area contributed by atoms with E-state index in [2.05, 4.69) is 34.1 Å². The lowest BCUT2D eigenvalue weighted by Gasteiger charge is -2.05. The summed E-state index contributed by atoms with van der Waals surface area (Å²) in [6.07, 6.45) is 0. The predicted octanol–water partition coefficient (Wildman–Crippen LogP) is 7.70. The van der Waals surface area contributed by atoms with Crippen molar-refractivity contribution in [1.29, 1.82) is 0 Å². The summed E-state index contributed by atoms with van der Waals surface area (Å²) in [5.74, 6) is 0. The Bertz CT molecular complexity index is 972. The molecular weight excluding hydrogens is 372 g/mol. The Hall–Kier alpha value is -1.77. The van der Waals surface area contributed by atoms with Crippen LogP contribution in [0.1, 0.15) is 13.8 Å². The van der Waals surface area contributed by atoms with Crippen molar-refractivity contribution in [1.82, 2.24) is 0 Å². The molecule has 0 aliphatic carbocycles. The average molecular weight is 388 g/mol. The molecule has 0 aliphatic heterocycles. The van der Waals surface area contributed by atoms with Gasteiger partial charge in [0.15, 0.2) is 0 Å². The monoisotopic (exact) mass is 386 g/mol. The number of benzene rings is 3. The SMILES string of the molecule is CC.Clc1ccc(Br)c(-c2ccc3oc4ccccc4c3c2)c1. The van der Waals surface area contributed by atoms with Crippen molar-refractivity contribution in [3.63, 3.8) is 0 Å². The molecule has 3 heteroatoms. The third-order valence-electron chi connectivity index (χ3n) is 3.62. The molecule has 4 aromatic rings. The number of rotatable bonds is 1. The summed E-state index contributed by atoms with van der Waals surface area (Å²) in [5, 5.41) is 2.98. The predicted molar refractivity (Wildman–Crippen MR) is 103 cm³/mol. The Morgan fingerprint density at radius 3 is 2.39 bits per heavy atom. The van der Waals surface area contributed by atoms with Gasteiger partial charge in [0.2, 0.25) is 0 Å². The molecular formula is C20H16BrClO. The summed E-state index contributed by atoms with van der Waals surface area (Å²) in [5.41, 5.74) is 4.01. The van der Waals surface area contributed by atoms with E-state index in [0.717, 1.165) is 42.6 Å². The van der Waals surface area contributed by atoms with Crippen LogP contribution in [0.5, 0.6) is 0 Å². The van der Waals surface area contributed by atoms with Crippen molar-refractivity contribution in [2.24, 2.45) is 0 Å². The molecule has 0 aliphatic rings. The maximum Gasteiger partial charge on any atom is 0.135 e. The molecule has 0 N–H and O–H groups in total. The van der Waals surface area contributed by atoms with Crippen molar-refractivity contribution in [3.8, 4) is 11.1 Å². The van der Waals surface area contributed by atoms with Crippen LogP contribution in [0.25, 0.3) is 33.1 Å². The van der Waals surface area contributed by atoms with Crippen LogP contribution in [-0.4, -0.2) is 0 Å². The smallest absolute Gasteiger partial charge is 0.135 e. The normalized spacial score (nSPS) is 10.6. The van der Waals surface area contributed by atoms with E-state index in [4.69, 9.17) is 16.0 Å². The molecule has 1 nitrogen and oxygen atoms in total. The second-order valence-corrected chi connectivity index (χ2v) is 6.22. The van der Waals surface area contributed by atoms with Crippen molar-refractivity contribution in [2.45, 2.75) is 13.8 Å². The fraction of sp³-hybridized carbons (Fsp3) is 0.100. The molecule has 0 fully saturated rings. The van der Waals surface area contributed by atoms with Gasteiger partial charge in [-0.2, -0.15) is 0 Å². The van der Waals surface area contributed by atoms with E-state index in [1.807, 2.05) is 56.3 Å². The molecule has 3 aromatic carbocycles. The summed E-state index contributed by atoms with van der Waals surface area (Å²) in [4.78, 5) is 0. The topological polar surface area (TPSA) is 13.1 Å². The fourth-order valence-electron chi connectivity index (χ4n) is 2.61. The van der Waals surface area contributed by atoms with E-state index in [1.165, 1.54) is 0 Å². The number of hydrogen-bond acceptors (Lipinski definition) is 1. The highest BCUT2D eigenvalue weighted by atomic mass is 79.9. The van der Waals surface area contributed by atoms with E-state index in [1.54, 1.807) is 0 Å². The molecule has 4 rings (SSSR count). The Balaban J connectivity index is 0.000000753. The number of fused-ring (bicyclic) bond motifs is 3. The van der Waals surface area contributed by atoms with Gasteiger partial charge < -0.3 is 4.42 Å². The zero-order chi connectivity index (χ0) is 16.4. The maximum absolute atomic E-state index is 6.12. The molecule has 0 unspecified atom stereocenters. The van der Waals surface area contributed by atoms with Crippen LogP contribution in [0.3, 0.4) is 0 Å². The van der Waals surface area contributed by atoms with Crippen LogP contribution in [-0.2, 0) is 0 Å². The van der Waals surface area contributed by atoms with Crippen molar-refractivity contribution >= 4 is 49.5 Å². The Morgan fingerprint density at radius 2 is 1.57 bits per heavy atom. The van der Waals surface area contributed by atoms with Crippen LogP contribution in [0, 0.1) is 0 Å². The zero-order valence-corrected chi connectivity index (χ0v) is 15.3. The molecule has 1 heterocycles. The number of halogens is 2. The van der Waals surface area contributed by atoms with Gasteiger partial charge in [-0.3, -0.25) is 0 Å². The molecule has 23 heavy (non-hydrogen) atoms. The molecule has 0 saturated heterocycles. The zero-order valence-electron chi connectivity index (χ0n) is 12.9.